The lowest BCUT2D eigenvalue weighted by Crippen LogP contribution is -2.29. The van der Waals surface area contributed by atoms with Crippen molar-refractivity contribution >= 4 is 22.7 Å². The summed E-state index contributed by atoms with van der Waals surface area (Å²) in [7, 11) is 0. The van der Waals surface area contributed by atoms with Gasteiger partial charge >= 0.3 is 0 Å². The molecule has 1 aromatic heterocycles. The molecule has 0 aliphatic heterocycles. The number of anilines is 2. The Kier molecular flexibility index (Phi) is 5.09. The van der Waals surface area contributed by atoms with Crippen molar-refractivity contribution in [2.75, 3.05) is 30.0 Å². The van der Waals surface area contributed by atoms with Crippen molar-refractivity contribution in [3.05, 3.63) is 24.3 Å². The highest BCUT2D eigenvalue weighted by Gasteiger charge is 2.13. The van der Waals surface area contributed by atoms with E-state index in [1.54, 1.807) is 0 Å². The molecule has 6 heteroatoms. The van der Waals surface area contributed by atoms with Gasteiger partial charge in [-0.1, -0.05) is 25.5 Å². The van der Waals surface area contributed by atoms with Gasteiger partial charge in [-0.15, -0.1) is 0 Å². The summed E-state index contributed by atoms with van der Waals surface area (Å²) in [4.78, 5) is 10.9. The first kappa shape index (κ1) is 14.5. The second-order valence-electron chi connectivity index (χ2n) is 4.60. The molecule has 4 N–H and O–H groups in total. The molecule has 1 aromatic carbocycles. The van der Waals surface area contributed by atoms with E-state index in [0.29, 0.717) is 12.5 Å². The van der Waals surface area contributed by atoms with Crippen LogP contribution < -0.4 is 16.2 Å². The number of unbranched alkanes of at least 4 members (excludes halogenated alkanes) is 1. The Morgan fingerprint density at radius 1 is 1.25 bits per heavy atom. The number of aliphatic hydroxyl groups is 1. The number of nitrogens with one attached hydrogen (secondary N) is 1. The number of para-hydroxylation sites is 1. The summed E-state index contributed by atoms with van der Waals surface area (Å²) >= 11 is 0. The highest BCUT2D eigenvalue weighted by atomic mass is 16.3. The quantitative estimate of drug-likeness (QED) is 0.524. The average Bonchev–Trinajstić information content (AvgIpc) is 2.50. The SMILES string of the molecule is CCCCN(CCO)c1nc(NN)nc2ccccc12. The third-order valence-electron chi connectivity index (χ3n) is 3.16. The number of benzene rings is 1. The topological polar surface area (TPSA) is 87.3 Å². The van der Waals surface area contributed by atoms with Crippen LogP contribution in [0.2, 0.25) is 0 Å². The van der Waals surface area contributed by atoms with E-state index >= 15 is 0 Å². The van der Waals surface area contributed by atoms with Crippen molar-refractivity contribution in [1.29, 1.82) is 0 Å². The lowest BCUT2D eigenvalue weighted by molar-refractivity contribution is 0.301. The van der Waals surface area contributed by atoms with Crippen LogP contribution in [0.15, 0.2) is 24.3 Å². The molecule has 0 aliphatic carbocycles. The van der Waals surface area contributed by atoms with Crippen LogP contribution in [-0.2, 0) is 0 Å². The molecule has 20 heavy (non-hydrogen) atoms. The van der Waals surface area contributed by atoms with E-state index in [1.165, 1.54) is 0 Å². The van der Waals surface area contributed by atoms with E-state index in [9.17, 15) is 5.11 Å². The van der Waals surface area contributed by atoms with Crippen molar-refractivity contribution < 1.29 is 5.11 Å². The van der Waals surface area contributed by atoms with Gasteiger partial charge in [-0.05, 0) is 18.6 Å². The lowest BCUT2D eigenvalue weighted by Gasteiger charge is -2.24. The second kappa shape index (κ2) is 7.02. The fourth-order valence-electron chi connectivity index (χ4n) is 2.16. The maximum absolute atomic E-state index is 9.27. The Hall–Kier alpha value is -1.92. The molecule has 0 aliphatic rings. The maximum atomic E-state index is 9.27. The molecule has 0 saturated heterocycles. The number of nitrogen functional groups attached to an aromatic ring is 1. The molecular weight excluding hydrogens is 254 g/mol. The molecule has 2 aromatic rings. The summed E-state index contributed by atoms with van der Waals surface area (Å²) < 4.78 is 0. The van der Waals surface area contributed by atoms with Gasteiger partial charge in [0.2, 0.25) is 5.95 Å². The Bertz CT molecular complexity index is 560. The Labute approximate surface area is 118 Å². The molecule has 0 fully saturated rings. The predicted octanol–water partition coefficient (Wildman–Crippen LogP) is 1.51. The van der Waals surface area contributed by atoms with Gasteiger partial charge in [0.1, 0.15) is 5.82 Å². The van der Waals surface area contributed by atoms with Gasteiger partial charge in [0, 0.05) is 18.5 Å². The molecule has 0 saturated carbocycles. The van der Waals surface area contributed by atoms with Crippen LogP contribution in [0.25, 0.3) is 10.9 Å². The van der Waals surface area contributed by atoms with E-state index in [-0.39, 0.29) is 6.61 Å². The summed E-state index contributed by atoms with van der Waals surface area (Å²) in [5, 5.41) is 10.2. The van der Waals surface area contributed by atoms with E-state index < -0.39 is 0 Å². The van der Waals surface area contributed by atoms with E-state index in [1.807, 2.05) is 24.3 Å². The van der Waals surface area contributed by atoms with E-state index in [0.717, 1.165) is 36.1 Å². The minimum Gasteiger partial charge on any atom is -0.395 e. The number of aromatic nitrogens is 2. The second-order valence-corrected chi connectivity index (χ2v) is 4.60. The first-order valence-corrected chi connectivity index (χ1v) is 6.89. The fourth-order valence-corrected chi connectivity index (χ4v) is 2.16. The average molecular weight is 275 g/mol. The van der Waals surface area contributed by atoms with Crippen molar-refractivity contribution in [1.82, 2.24) is 9.97 Å². The predicted molar refractivity (Wildman–Crippen MR) is 81.6 cm³/mol. The molecule has 0 radical (unpaired) electrons. The number of nitrogens with two attached hydrogens (primary N) is 1. The summed E-state index contributed by atoms with van der Waals surface area (Å²) in [6.45, 7) is 3.63. The van der Waals surface area contributed by atoms with Crippen molar-refractivity contribution in [2.24, 2.45) is 5.84 Å². The lowest BCUT2D eigenvalue weighted by atomic mass is 10.2. The highest BCUT2D eigenvalue weighted by molar-refractivity contribution is 5.90. The summed E-state index contributed by atoms with van der Waals surface area (Å²) in [5.41, 5.74) is 3.34. The summed E-state index contributed by atoms with van der Waals surface area (Å²) in [6.07, 6.45) is 2.14. The smallest absolute Gasteiger partial charge is 0.239 e. The zero-order valence-corrected chi connectivity index (χ0v) is 11.7. The zero-order valence-electron chi connectivity index (χ0n) is 11.7. The standard InChI is InChI=1S/C14H21N5O/c1-2-3-8-19(9-10-20)13-11-6-4-5-7-12(11)16-14(17-13)18-15/h4-7,20H,2-3,8-10,15H2,1H3,(H,16,17,18). The Morgan fingerprint density at radius 2 is 2.05 bits per heavy atom. The maximum Gasteiger partial charge on any atom is 0.239 e. The van der Waals surface area contributed by atoms with Crippen molar-refractivity contribution in [3.8, 4) is 0 Å². The number of fused-ring (bicyclic) bond motifs is 1. The molecule has 108 valence electrons. The minimum atomic E-state index is 0.0907. The van der Waals surface area contributed by atoms with Crippen LogP contribution in [0, 0.1) is 0 Å². The van der Waals surface area contributed by atoms with Crippen LogP contribution >= 0.6 is 0 Å². The number of rotatable bonds is 7. The number of hydrogen-bond donors (Lipinski definition) is 3. The monoisotopic (exact) mass is 275 g/mol. The van der Waals surface area contributed by atoms with Gasteiger partial charge in [0.25, 0.3) is 0 Å². The largest absolute Gasteiger partial charge is 0.395 e. The number of hydrogen-bond acceptors (Lipinski definition) is 6. The van der Waals surface area contributed by atoms with Gasteiger partial charge in [0.15, 0.2) is 0 Å². The highest BCUT2D eigenvalue weighted by Crippen LogP contribution is 2.25. The summed E-state index contributed by atoms with van der Waals surface area (Å²) in [5.74, 6) is 6.64. The minimum absolute atomic E-state index is 0.0907. The number of nitrogens with zero attached hydrogens (tertiary/aromatic N) is 3. The molecule has 0 spiro atoms. The molecule has 0 bridgehead atoms. The van der Waals surface area contributed by atoms with Crippen LogP contribution in [-0.4, -0.2) is 34.8 Å². The van der Waals surface area contributed by atoms with Gasteiger partial charge < -0.3 is 10.0 Å². The molecule has 0 unspecified atom stereocenters. The normalized spacial score (nSPS) is 10.8. The van der Waals surface area contributed by atoms with Gasteiger partial charge in [-0.3, -0.25) is 5.43 Å². The van der Waals surface area contributed by atoms with Crippen molar-refractivity contribution in [3.63, 3.8) is 0 Å². The molecule has 6 nitrogen and oxygen atoms in total. The molecule has 0 atom stereocenters. The third-order valence-corrected chi connectivity index (χ3v) is 3.16. The Morgan fingerprint density at radius 3 is 2.75 bits per heavy atom. The number of aliphatic hydroxyl groups excluding tert-OH is 1. The first-order valence-electron chi connectivity index (χ1n) is 6.89. The van der Waals surface area contributed by atoms with Crippen LogP contribution in [0.5, 0.6) is 0 Å². The summed E-state index contributed by atoms with van der Waals surface area (Å²) in [6, 6.07) is 7.81. The van der Waals surface area contributed by atoms with Gasteiger partial charge in [0.05, 0.1) is 12.1 Å². The van der Waals surface area contributed by atoms with Gasteiger partial charge in [-0.25, -0.2) is 10.8 Å². The molecule has 0 amide bonds. The fraction of sp³-hybridized carbons (Fsp3) is 0.429. The Balaban J connectivity index is 2.47. The third kappa shape index (κ3) is 3.15. The molecule has 2 rings (SSSR count). The van der Waals surface area contributed by atoms with E-state index in [4.69, 9.17) is 5.84 Å². The zero-order chi connectivity index (χ0) is 14.4. The van der Waals surface area contributed by atoms with Gasteiger partial charge in [-0.2, -0.15) is 4.98 Å². The molecular formula is C14H21N5O. The molecule has 1 heterocycles. The first-order chi connectivity index (χ1) is 9.80. The van der Waals surface area contributed by atoms with Crippen LogP contribution in [0.4, 0.5) is 11.8 Å². The van der Waals surface area contributed by atoms with Crippen molar-refractivity contribution in [2.45, 2.75) is 19.8 Å². The number of hydrazine groups is 1. The van der Waals surface area contributed by atoms with Crippen LogP contribution in [0.1, 0.15) is 19.8 Å². The van der Waals surface area contributed by atoms with E-state index in [2.05, 4.69) is 27.2 Å². The van der Waals surface area contributed by atoms with Crippen LogP contribution in [0.3, 0.4) is 0 Å².